The van der Waals surface area contributed by atoms with E-state index in [1.807, 2.05) is 30.6 Å². The molecule has 40 heavy (non-hydrogen) atoms. The molecule has 0 unspecified atom stereocenters. The zero-order valence-corrected chi connectivity index (χ0v) is 22.1. The van der Waals surface area contributed by atoms with E-state index >= 15 is 0 Å². The number of aryl methyl sites for hydroxylation is 2. The molecule has 0 aliphatic rings. The van der Waals surface area contributed by atoms with E-state index in [-0.39, 0.29) is 5.56 Å². The van der Waals surface area contributed by atoms with Crippen molar-refractivity contribution in [2.45, 2.75) is 13.0 Å². The fourth-order valence-corrected chi connectivity index (χ4v) is 4.33. The molecule has 0 spiro atoms. The van der Waals surface area contributed by atoms with E-state index in [9.17, 15) is 18.4 Å². The third-order valence-corrected chi connectivity index (χ3v) is 6.23. The van der Waals surface area contributed by atoms with E-state index in [0.29, 0.717) is 46.7 Å². The van der Waals surface area contributed by atoms with Crippen molar-refractivity contribution < 1.29 is 18.4 Å². The largest absolute Gasteiger partial charge is 0.346 e. The Morgan fingerprint density at radius 1 is 1.05 bits per heavy atom. The van der Waals surface area contributed by atoms with Crippen molar-refractivity contribution in [3.05, 3.63) is 78.1 Å². The number of fused-ring (bicyclic) bond motifs is 1. The highest BCUT2D eigenvalue weighted by Crippen LogP contribution is 2.25. The lowest BCUT2D eigenvalue weighted by Crippen LogP contribution is -2.19. The Labute approximate surface area is 227 Å². The Balaban J connectivity index is 1.37. The minimum Gasteiger partial charge on any atom is -0.346 e. The Morgan fingerprint density at radius 2 is 1.82 bits per heavy atom. The maximum Gasteiger partial charge on any atom is 0.272 e. The SMILES string of the molecule is CN(C)CCCn1cc(NC(=O)c2ccc(F)cc2F)cc1C(=O)Nc1cc(-c2nc3cncnc3[nH]2)n(C)c1. The van der Waals surface area contributed by atoms with E-state index in [0.717, 1.165) is 30.8 Å². The molecule has 5 aromatic rings. The summed E-state index contributed by atoms with van der Waals surface area (Å²) in [4.78, 5) is 43.9. The number of nitrogens with zero attached hydrogens (tertiary/aromatic N) is 6. The van der Waals surface area contributed by atoms with Crippen molar-refractivity contribution in [1.82, 2.24) is 34.0 Å². The Bertz CT molecular complexity index is 1670. The zero-order valence-electron chi connectivity index (χ0n) is 22.1. The van der Waals surface area contributed by atoms with Crippen molar-refractivity contribution >= 4 is 34.4 Å². The van der Waals surface area contributed by atoms with Crippen LogP contribution in [0, 0.1) is 11.6 Å². The number of H-pyrrole nitrogens is 1. The molecule has 206 valence electrons. The van der Waals surface area contributed by atoms with Crippen molar-refractivity contribution in [2.75, 3.05) is 31.3 Å². The number of anilines is 2. The molecule has 13 heteroatoms. The van der Waals surface area contributed by atoms with Gasteiger partial charge < -0.3 is 29.7 Å². The van der Waals surface area contributed by atoms with E-state index in [4.69, 9.17) is 0 Å². The minimum atomic E-state index is -0.975. The van der Waals surface area contributed by atoms with Gasteiger partial charge in [-0.3, -0.25) is 9.59 Å². The van der Waals surface area contributed by atoms with E-state index < -0.39 is 23.4 Å². The molecule has 5 rings (SSSR count). The number of amides is 2. The summed E-state index contributed by atoms with van der Waals surface area (Å²) in [5.41, 5.74) is 2.79. The van der Waals surface area contributed by atoms with Gasteiger partial charge in [0.05, 0.1) is 28.8 Å². The van der Waals surface area contributed by atoms with Gasteiger partial charge in [-0.25, -0.2) is 23.7 Å². The highest BCUT2D eigenvalue weighted by molar-refractivity contribution is 6.07. The van der Waals surface area contributed by atoms with Crippen LogP contribution in [-0.4, -0.2) is 66.4 Å². The van der Waals surface area contributed by atoms with Crippen LogP contribution in [0.15, 0.2) is 55.2 Å². The number of imidazole rings is 1. The smallest absolute Gasteiger partial charge is 0.272 e. The first kappa shape index (κ1) is 26.7. The number of halogens is 2. The Morgan fingerprint density at radius 3 is 2.58 bits per heavy atom. The maximum atomic E-state index is 14.1. The predicted molar refractivity (Wildman–Crippen MR) is 146 cm³/mol. The van der Waals surface area contributed by atoms with Crippen LogP contribution in [0.25, 0.3) is 22.7 Å². The van der Waals surface area contributed by atoms with Crippen LogP contribution in [0.2, 0.25) is 0 Å². The molecule has 0 aliphatic carbocycles. The molecule has 0 fully saturated rings. The number of carbonyl (C=O) groups is 2. The second kappa shape index (κ2) is 11.1. The van der Waals surface area contributed by atoms with Gasteiger partial charge in [-0.1, -0.05) is 0 Å². The van der Waals surface area contributed by atoms with Crippen LogP contribution in [0.3, 0.4) is 0 Å². The van der Waals surface area contributed by atoms with Gasteiger partial charge in [0.15, 0.2) is 11.5 Å². The number of nitrogens with one attached hydrogen (secondary N) is 3. The second-order valence-electron chi connectivity index (χ2n) is 9.56. The third kappa shape index (κ3) is 5.73. The summed E-state index contributed by atoms with van der Waals surface area (Å²) in [6.07, 6.45) is 7.16. The molecular formula is C27H27F2N9O2. The summed E-state index contributed by atoms with van der Waals surface area (Å²) >= 11 is 0. The van der Waals surface area contributed by atoms with Gasteiger partial charge in [-0.15, -0.1) is 0 Å². The second-order valence-corrected chi connectivity index (χ2v) is 9.56. The lowest BCUT2D eigenvalue weighted by molar-refractivity contribution is 0.101. The summed E-state index contributed by atoms with van der Waals surface area (Å²) in [6.45, 7) is 1.29. The number of aromatic amines is 1. The topological polar surface area (TPSA) is 126 Å². The first-order valence-electron chi connectivity index (χ1n) is 12.4. The van der Waals surface area contributed by atoms with Crippen molar-refractivity contribution in [2.24, 2.45) is 7.05 Å². The summed E-state index contributed by atoms with van der Waals surface area (Å²) < 4.78 is 31.0. The first-order valence-corrected chi connectivity index (χ1v) is 12.4. The average molecular weight is 548 g/mol. The molecular weight excluding hydrogens is 520 g/mol. The number of aromatic nitrogens is 6. The van der Waals surface area contributed by atoms with Gasteiger partial charge in [0.1, 0.15) is 29.2 Å². The average Bonchev–Trinajstić information content (AvgIpc) is 3.60. The number of benzene rings is 1. The summed E-state index contributed by atoms with van der Waals surface area (Å²) in [6, 6.07) is 6.03. The highest BCUT2D eigenvalue weighted by atomic mass is 19.1. The van der Waals surface area contributed by atoms with Crippen LogP contribution in [0.5, 0.6) is 0 Å². The number of hydrogen-bond acceptors (Lipinski definition) is 6. The van der Waals surface area contributed by atoms with Gasteiger partial charge in [-0.05, 0) is 51.3 Å². The molecule has 1 aromatic carbocycles. The molecule has 4 aromatic heterocycles. The molecule has 2 amide bonds. The first-order chi connectivity index (χ1) is 19.2. The van der Waals surface area contributed by atoms with Gasteiger partial charge in [-0.2, -0.15) is 0 Å². The van der Waals surface area contributed by atoms with Crippen LogP contribution < -0.4 is 10.6 Å². The normalized spacial score (nSPS) is 11.3. The van der Waals surface area contributed by atoms with E-state index in [1.54, 1.807) is 29.2 Å². The van der Waals surface area contributed by atoms with Gasteiger partial charge in [0.2, 0.25) is 0 Å². The minimum absolute atomic E-state index is 0.304. The van der Waals surface area contributed by atoms with E-state index in [1.165, 1.54) is 12.4 Å². The van der Waals surface area contributed by atoms with Gasteiger partial charge in [0, 0.05) is 32.1 Å². The van der Waals surface area contributed by atoms with Crippen molar-refractivity contribution in [3.63, 3.8) is 0 Å². The fourth-order valence-electron chi connectivity index (χ4n) is 4.33. The molecule has 0 saturated carbocycles. The van der Waals surface area contributed by atoms with Crippen LogP contribution >= 0.6 is 0 Å². The molecule has 11 nitrogen and oxygen atoms in total. The number of hydrogen-bond donors (Lipinski definition) is 3. The molecule has 3 N–H and O–H groups in total. The maximum absolute atomic E-state index is 14.1. The summed E-state index contributed by atoms with van der Waals surface area (Å²) in [7, 11) is 5.73. The highest BCUT2D eigenvalue weighted by Gasteiger charge is 2.19. The van der Waals surface area contributed by atoms with Crippen molar-refractivity contribution in [3.8, 4) is 11.5 Å². The predicted octanol–water partition coefficient (Wildman–Crippen LogP) is 3.89. The Kier molecular flexibility index (Phi) is 7.38. The zero-order chi connectivity index (χ0) is 28.4. The summed E-state index contributed by atoms with van der Waals surface area (Å²) in [5.74, 6) is -2.33. The molecule has 4 heterocycles. The fraction of sp³-hybridized carbons (Fsp3) is 0.222. The molecule has 0 radical (unpaired) electrons. The van der Waals surface area contributed by atoms with Crippen LogP contribution in [-0.2, 0) is 13.6 Å². The third-order valence-electron chi connectivity index (χ3n) is 6.23. The van der Waals surface area contributed by atoms with Crippen molar-refractivity contribution in [1.29, 1.82) is 0 Å². The van der Waals surface area contributed by atoms with Crippen LogP contribution in [0.1, 0.15) is 27.3 Å². The number of carbonyl (C=O) groups excluding carboxylic acids is 2. The quantitative estimate of drug-likeness (QED) is 0.257. The monoisotopic (exact) mass is 547 g/mol. The van der Waals surface area contributed by atoms with Gasteiger partial charge in [0.25, 0.3) is 11.8 Å². The Hall–Kier alpha value is -4.91. The lowest BCUT2D eigenvalue weighted by atomic mass is 10.2. The number of rotatable bonds is 9. The molecule has 0 aliphatic heterocycles. The molecule has 0 bridgehead atoms. The standard InChI is InChI=1S/C27H27F2N9O2/c1-36(2)7-4-8-38-14-18(32-26(39)19-6-5-16(28)9-20(19)29)11-23(38)27(40)33-17-10-22(37(3)13-17)25-34-21-12-30-15-31-24(21)35-25/h5-6,9-15H,4,7-8H2,1-3H3,(H,32,39)(H,33,40)(H,30,31,34,35). The lowest BCUT2D eigenvalue weighted by Gasteiger charge is -2.12. The van der Waals surface area contributed by atoms with Crippen LogP contribution in [0.4, 0.5) is 20.2 Å². The van der Waals surface area contributed by atoms with E-state index in [2.05, 4.69) is 30.6 Å². The molecule has 0 saturated heterocycles. The summed E-state index contributed by atoms with van der Waals surface area (Å²) in [5, 5.41) is 5.51. The molecule has 0 atom stereocenters. The van der Waals surface area contributed by atoms with Gasteiger partial charge >= 0.3 is 0 Å².